The summed E-state index contributed by atoms with van der Waals surface area (Å²) < 4.78 is 0. The first-order chi connectivity index (χ1) is 8.91. The molecule has 4 heteroatoms. The Balaban J connectivity index is 2.69. The van der Waals surface area contributed by atoms with E-state index in [-0.39, 0.29) is 17.7 Å². The van der Waals surface area contributed by atoms with Crippen molar-refractivity contribution in [2.45, 2.75) is 39.2 Å². The zero-order valence-electron chi connectivity index (χ0n) is 11.6. The Morgan fingerprint density at radius 1 is 1.16 bits per heavy atom. The molecule has 0 spiro atoms. The van der Waals surface area contributed by atoms with Crippen molar-refractivity contribution in [1.82, 2.24) is 5.32 Å². The van der Waals surface area contributed by atoms with Crippen LogP contribution in [0.4, 0.5) is 0 Å². The molecule has 0 bridgehead atoms. The zero-order chi connectivity index (χ0) is 14.4. The average Bonchev–Trinajstić information content (AvgIpc) is 2.37. The number of aliphatic carboxylic acids is 1. The lowest BCUT2D eigenvalue weighted by Gasteiger charge is -2.19. The maximum atomic E-state index is 12.1. The lowest BCUT2D eigenvalue weighted by Crippen LogP contribution is -2.43. The quantitative estimate of drug-likeness (QED) is 0.828. The van der Waals surface area contributed by atoms with Gasteiger partial charge in [0.1, 0.15) is 6.04 Å². The van der Waals surface area contributed by atoms with Crippen LogP contribution < -0.4 is 5.32 Å². The molecule has 19 heavy (non-hydrogen) atoms. The van der Waals surface area contributed by atoms with Crippen LogP contribution in [0.15, 0.2) is 30.3 Å². The Bertz CT molecular complexity index is 428. The zero-order valence-corrected chi connectivity index (χ0v) is 11.6. The first-order valence-corrected chi connectivity index (χ1v) is 6.50. The van der Waals surface area contributed by atoms with Gasteiger partial charge in [0.2, 0.25) is 5.91 Å². The van der Waals surface area contributed by atoms with E-state index in [0.717, 1.165) is 5.56 Å². The molecule has 0 aliphatic rings. The number of rotatable bonds is 6. The van der Waals surface area contributed by atoms with E-state index in [2.05, 4.69) is 5.32 Å². The summed E-state index contributed by atoms with van der Waals surface area (Å²) in [6, 6.07) is 8.51. The number of benzene rings is 1. The summed E-state index contributed by atoms with van der Waals surface area (Å²) >= 11 is 0. The number of carbonyl (C=O) groups is 2. The molecule has 0 saturated heterocycles. The van der Waals surface area contributed by atoms with Gasteiger partial charge in [0.15, 0.2) is 0 Å². The van der Waals surface area contributed by atoms with E-state index in [1.807, 2.05) is 44.2 Å². The molecule has 104 valence electrons. The van der Waals surface area contributed by atoms with E-state index in [1.165, 1.54) is 0 Å². The van der Waals surface area contributed by atoms with Crippen LogP contribution in [0, 0.1) is 5.92 Å². The third kappa shape index (κ3) is 4.73. The molecule has 0 aliphatic carbocycles. The first-order valence-electron chi connectivity index (χ1n) is 6.50. The second-order valence-electron chi connectivity index (χ2n) is 5.16. The molecular weight excluding hydrogens is 242 g/mol. The summed E-state index contributed by atoms with van der Waals surface area (Å²) in [6.07, 6.45) is 0.433. The Morgan fingerprint density at radius 3 is 2.21 bits per heavy atom. The fraction of sp³-hybridized carbons (Fsp3) is 0.467. The van der Waals surface area contributed by atoms with Gasteiger partial charge in [-0.05, 0) is 24.8 Å². The number of carbonyl (C=O) groups excluding carboxylic acids is 1. The van der Waals surface area contributed by atoms with Gasteiger partial charge in [0, 0.05) is 0 Å². The van der Waals surface area contributed by atoms with Gasteiger partial charge in [0.05, 0.1) is 5.92 Å². The molecule has 0 aliphatic heterocycles. The average molecular weight is 263 g/mol. The van der Waals surface area contributed by atoms with Crippen LogP contribution in [0.2, 0.25) is 0 Å². The normalized spacial score (nSPS) is 13.9. The van der Waals surface area contributed by atoms with E-state index in [9.17, 15) is 9.59 Å². The van der Waals surface area contributed by atoms with E-state index < -0.39 is 12.0 Å². The van der Waals surface area contributed by atoms with Crippen LogP contribution in [0.3, 0.4) is 0 Å². The van der Waals surface area contributed by atoms with Gasteiger partial charge < -0.3 is 10.4 Å². The molecule has 0 heterocycles. The molecule has 0 radical (unpaired) electrons. The van der Waals surface area contributed by atoms with E-state index >= 15 is 0 Å². The molecule has 0 unspecified atom stereocenters. The lowest BCUT2D eigenvalue weighted by molar-refractivity contribution is -0.142. The summed E-state index contributed by atoms with van der Waals surface area (Å²) in [5, 5.41) is 11.7. The van der Waals surface area contributed by atoms with E-state index in [0.29, 0.717) is 6.42 Å². The van der Waals surface area contributed by atoms with Crippen LogP contribution >= 0.6 is 0 Å². The van der Waals surface area contributed by atoms with Gasteiger partial charge in [-0.1, -0.05) is 44.2 Å². The van der Waals surface area contributed by atoms with Crippen molar-refractivity contribution in [2.75, 3.05) is 0 Å². The maximum absolute atomic E-state index is 12.1. The number of carboxylic acid groups (broad SMARTS) is 1. The molecule has 0 fully saturated rings. The number of hydrogen-bond acceptors (Lipinski definition) is 2. The van der Waals surface area contributed by atoms with Crippen molar-refractivity contribution in [3.63, 3.8) is 0 Å². The van der Waals surface area contributed by atoms with Crippen LogP contribution in [-0.4, -0.2) is 23.0 Å². The molecule has 1 amide bonds. The summed E-state index contributed by atoms with van der Waals surface area (Å²) in [6.45, 7) is 5.64. The molecule has 0 aromatic heterocycles. The lowest BCUT2D eigenvalue weighted by atomic mass is 9.98. The number of hydrogen-bond donors (Lipinski definition) is 2. The highest BCUT2D eigenvalue weighted by Gasteiger charge is 2.24. The highest BCUT2D eigenvalue weighted by atomic mass is 16.4. The second-order valence-corrected chi connectivity index (χ2v) is 5.16. The second kappa shape index (κ2) is 6.92. The third-order valence-corrected chi connectivity index (χ3v) is 3.01. The molecule has 2 atom stereocenters. The SMILES string of the molecule is CC(C)C[C@H](NC(=O)[C@@H](C)c1ccccc1)C(=O)O. The minimum Gasteiger partial charge on any atom is -0.480 e. The van der Waals surface area contributed by atoms with Crippen LogP contribution in [0.5, 0.6) is 0 Å². The van der Waals surface area contributed by atoms with Gasteiger partial charge in [0.25, 0.3) is 0 Å². The van der Waals surface area contributed by atoms with Crippen molar-refractivity contribution >= 4 is 11.9 Å². The fourth-order valence-electron chi connectivity index (χ4n) is 1.88. The Morgan fingerprint density at radius 2 is 1.74 bits per heavy atom. The number of amides is 1. The van der Waals surface area contributed by atoms with Gasteiger partial charge in [-0.3, -0.25) is 4.79 Å². The standard InChI is InChI=1S/C15H21NO3/c1-10(2)9-13(15(18)19)16-14(17)11(3)12-7-5-4-6-8-12/h4-8,10-11,13H,9H2,1-3H3,(H,16,17)(H,18,19)/t11-,13-/m0/s1. The molecular formula is C15H21NO3. The van der Waals surface area contributed by atoms with Crippen molar-refractivity contribution in [3.8, 4) is 0 Å². The summed E-state index contributed by atoms with van der Waals surface area (Å²) in [5.41, 5.74) is 0.883. The molecule has 4 nitrogen and oxygen atoms in total. The van der Waals surface area contributed by atoms with Crippen LogP contribution in [0.1, 0.15) is 38.7 Å². The molecule has 1 rings (SSSR count). The Kier molecular flexibility index (Phi) is 5.55. The van der Waals surface area contributed by atoms with Crippen molar-refractivity contribution in [2.24, 2.45) is 5.92 Å². The highest BCUT2D eigenvalue weighted by Crippen LogP contribution is 2.15. The predicted octanol–water partition coefficient (Wildman–Crippen LogP) is 2.41. The van der Waals surface area contributed by atoms with Crippen molar-refractivity contribution in [1.29, 1.82) is 0 Å². The third-order valence-electron chi connectivity index (χ3n) is 3.01. The first kappa shape index (κ1) is 15.2. The highest BCUT2D eigenvalue weighted by molar-refractivity contribution is 5.87. The van der Waals surface area contributed by atoms with Crippen LogP contribution in [-0.2, 0) is 9.59 Å². The topological polar surface area (TPSA) is 66.4 Å². The summed E-state index contributed by atoms with van der Waals surface area (Å²) in [5.74, 6) is -1.37. The smallest absolute Gasteiger partial charge is 0.326 e. The van der Waals surface area contributed by atoms with Gasteiger partial charge in [-0.15, -0.1) is 0 Å². The minimum atomic E-state index is -0.984. The van der Waals surface area contributed by atoms with Crippen LogP contribution in [0.25, 0.3) is 0 Å². The molecule has 1 aromatic rings. The molecule has 0 saturated carbocycles. The fourth-order valence-corrected chi connectivity index (χ4v) is 1.88. The van der Waals surface area contributed by atoms with E-state index in [4.69, 9.17) is 5.11 Å². The number of nitrogens with one attached hydrogen (secondary N) is 1. The summed E-state index contributed by atoms with van der Waals surface area (Å²) in [7, 11) is 0. The summed E-state index contributed by atoms with van der Waals surface area (Å²) in [4.78, 5) is 23.2. The van der Waals surface area contributed by atoms with Gasteiger partial charge in [-0.2, -0.15) is 0 Å². The molecule has 2 N–H and O–H groups in total. The van der Waals surface area contributed by atoms with E-state index in [1.54, 1.807) is 6.92 Å². The predicted molar refractivity (Wildman–Crippen MR) is 73.9 cm³/mol. The minimum absolute atomic E-state index is 0.216. The Labute approximate surface area is 113 Å². The van der Waals surface area contributed by atoms with Gasteiger partial charge >= 0.3 is 5.97 Å². The monoisotopic (exact) mass is 263 g/mol. The molecule has 1 aromatic carbocycles. The largest absolute Gasteiger partial charge is 0.480 e. The maximum Gasteiger partial charge on any atom is 0.326 e. The van der Waals surface area contributed by atoms with Crippen molar-refractivity contribution in [3.05, 3.63) is 35.9 Å². The van der Waals surface area contributed by atoms with Crippen molar-refractivity contribution < 1.29 is 14.7 Å². The van der Waals surface area contributed by atoms with Gasteiger partial charge in [-0.25, -0.2) is 4.79 Å². The Hall–Kier alpha value is -1.84. The number of carboxylic acids is 1.